The summed E-state index contributed by atoms with van der Waals surface area (Å²) in [5.74, 6) is 0.284. The second-order valence-corrected chi connectivity index (χ2v) is 24.4. The molecule has 2 aliphatic rings. The highest BCUT2D eigenvalue weighted by Crippen LogP contribution is 2.48. The Morgan fingerprint density at radius 2 is 0.798 bits per heavy atom. The van der Waals surface area contributed by atoms with Crippen LogP contribution in [0.2, 0.25) is 0 Å². The monoisotopic (exact) mass is 1150 g/mol. The van der Waals surface area contributed by atoms with Gasteiger partial charge in [-0.05, 0) is 172 Å². The molecule has 7 aromatic heterocycles. The van der Waals surface area contributed by atoms with Crippen molar-refractivity contribution in [1.82, 2.24) is 29.1 Å². The summed E-state index contributed by atoms with van der Waals surface area (Å²) in [6.07, 6.45) is 29.2. The molecule has 0 saturated carbocycles. The maximum absolute atomic E-state index is 4.77. The third-order valence-electron chi connectivity index (χ3n) is 17.8. The first kappa shape index (κ1) is 52.0. The van der Waals surface area contributed by atoms with Crippen LogP contribution in [0.3, 0.4) is 0 Å². The number of hydrogen-bond donors (Lipinski definition) is 0. The van der Waals surface area contributed by atoms with Crippen LogP contribution in [0, 0.1) is 0 Å². The Morgan fingerprint density at radius 1 is 0.382 bits per heavy atom. The van der Waals surface area contributed by atoms with Gasteiger partial charge in [0.05, 0.1) is 22.1 Å². The predicted molar refractivity (Wildman–Crippen MR) is 372 cm³/mol. The Hall–Kier alpha value is -11.3. The second kappa shape index (κ2) is 21.6. The zero-order chi connectivity index (χ0) is 58.9. The summed E-state index contributed by atoms with van der Waals surface area (Å²) in [7, 11) is 0. The normalized spacial score (nSPS) is 13.8. The number of thiophene rings is 1. The van der Waals surface area contributed by atoms with E-state index < -0.39 is 0 Å². The standard InChI is InChI=1S/C82H54N6S/c1-52-33-70(88-79-30-25-59(67-36-63(46-85-50-67)55-19-11-5-12-20-55)40-73(79)74-41-60(26-31-80(74)88)68-37-64(47-86-51-68)56-21-13-6-14-22-56)43-76-75-42-69(27-32-81(75)89-82(52)76)87-77-28-23-57(65-34-61(44-83-48-65)53-15-7-2-3-8-16-53)38-71(77)72-39-58(24-29-78(72)87)66-35-62(45-84-49-66)54-17-9-4-10-18-54/h2-7,9-32,34-52H,33H2,1H3. The van der Waals surface area contributed by atoms with E-state index in [9.17, 15) is 0 Å². The molecule has 0 aliphatic heterocycles. The van der Waals surface area contributed by atoms with Gasteiger partial charge >= 0.3 is 0 Å². The molecular weight excluding hydrogens is 1100 g/mol. The molecule has 1 unspecified atom stereocenters. The Morgan fingerprint density at radius 3 is 1.26 bits per heavy atom. The first-order valence-electron chi connectivity index (χ1n) is 30.2. The molecule has 17 rings (SSSR count). The lowest BCUT2D eigenvalue weighted by Crippen LogP contribution is -2.06. The van der Waals surface area contributed by atoms with Crippen LogP contribution in [0.5, 0.6) is 0 Å². The van der Waals surface area contributed by atoms with Crippen LogP contribution in [0.15, 0.2) is 292 Å². The lowest BCUT2D eigenvalue weighted by molar-refractivity contribution is 0.781. The Balaban J connectivity index is 0.817. The molecule has 0 spiro atoms. The summed E-state index contributed by atoms with van der Waals surface area (Å²) >= 11 is 1.93. The molecule has 0 amide bonds. The summed E-state index contributed by atoms with van der Waals surface area (Å²) in [5.41, 5.74) is 29.1. The Labute approximate surface area is 519 Å². The summed E-state index contributed by atoms with van der Waals surface area (Å²) in [5, 5.41) is 5.98. The van der Waals surface area contributed by atoms with E-state index in [-0.39, 0.29) is 5.92 Å². The van der Waals surface area contributed by atoms with E-state index in [1.54, 1.807) is 0 Å². The smallest absolute Gasteiger partial charge is 0.0541 e. The largest absolute Gasteiger partial charge is 0.313 e. The van der Waals surface area contributed by atoms with Crippen LogP contribution in [0.4, 0.5) is 0 Å². The number of pyridine rings is 4. The topological polar surface area (TPSA) is 61.4 Å². The SMILES string of the molecule is CC1CC(n2c3ccc(-c4cncc(-c5ccccc5)c4)cc3c3cc(-c4cncc(-c5ccccc5)c4)ccc32)=Cc2c1sc1ccc(-n3c4ccc(-c5cncc(C6=CC=CC=C=C6)c5)cc4c4cc(-c5cncc(-c6ccccc6)c5)ccc43)cc21. The van der Waals surface area contributed by atoms with E-state index in [4.69, 9.17) is 19.9 Å². The fraction of sp³-hybridized carbons (Fsp3) is 0.0366. The molecule has 15 aromatic rings. The lowest BCUT2D eigenvalue weighted by atomic mass is 9.92. The van der Waals surface area contributed by atoms with Gasteiger partial charge in [-0.3, -0.25) is 19.9 Å². The lowest BCUT2D eigenvalue weighted by Gasteiger charge is -2.22. The minimum atomic E-state index is 0.284. The molecule has 7 heterocycles. The van der Waals surface area contributed by atoms with Crippen molar-refractivity contribution in [2.45, 2.75) is 19.3 Å². The zero-order valence-electron chi connectivity index (χ0n) is 48.6. The molecule has 7 heteroatoms. The molecular formula is C82H54N6S. The highest BCUT2D eigenvalue weighted by Gasteiger charge is 2.27. The number of rotatable bonds is 10. The average molecular weight is 1160 g/mol. The van der Waals surface area contributed by atoms with Gasteiger partial charge in [0.15, 0.2) is 0 Å². The first-order valence-corrected chi connectivity index (χ1v) is 31.0. The van der Waals surface area contributed by atoms with Crippen LogP contribution in [-0.4, -0.2) is 29.1 Å². The van der Waals surface area contributed by atoms with Gasteiger partial charge in [0.25, 0.3) is 0 Å². The summed E-state index contributed by atoms with van der Waals surface area (Å²) < 4.78 is 6.29. The van der Waals surface area contributed by atoms with Gasteiger partial charge in [0.1, 0.15) is 0 Å². The molecule has 0 saturated heterocycles. The summed E-state index contributed by atoms with van der Waals surface area (Å²) in [6.45, 7) is 2.41. The van der Waals surface area contributed by atoms with E-state index in [0.717, 1.165) is 118 Å². The number of aromatic nitrogens is 6. The van der Waals surface area contributed by atoms with Crippen molar-refractivity contribution in [3.05, 3.63) is 308 Å². The van der Waals surface area contributed by atoms with Crippen molar-refractivity contribution < 1.29 is 0 Å². The minimum Gasteiger partial charge on any atom is -0.313 e. The van der Waals surface area contributed by atoms with Gasteiger partial charge in [-0.1, -0.05) is 140 Å². The highest BCUT2D eigenvalue weighted by atomic mass is 32.1. The van der Waals surface area contributed by atoms with Gasteiger partial charge in [-0.15, -0.1) is 17.1 Å². The molecule has 418 valence electrons. The Kier molecular flexibility index (Phi) is 12.6. The molecule has 1 atom stereocenters. The van der Waals surface area contributed by atoms with Crippen molar-refractivity contribution in [2.75, 3.05) is 0 Å². The van der Waals surface area contributed by atoms with Crippen LogP contribution in [0.25, 0.3) is 155 Å². The fourth-order valence-corrected chi connectivity index (χ4v) is 14.7. The number of benzene rings is 8. The van der Waals surface area contributed by atoms with Crippen molar-refractivity contribution in [3.63, 3.8) is 0 Å². The molecule has 8 aromatic carbocycles. The molecule has 0 N–H and O–H groups in total. The van der Waals surface area contributed by atoms with E-state index in [0.29, 0.717) is 0 Å². The first-order chi connectivity index (χ1) is 44.0. The average Bonchev–Trinajstić information content (AvgIpc) is 1.65. The van der Waals surface area contributed by atoms with Crippen LogP contribution < -0.4 is 0 Å². The highest BCUT2D eigenvalue weighted by molar-refractivity contribution is 7.19. The summed E-state index contributed by atoms with van der Waals surface area (Å²) in [4.78, 5) is 20.5. The molecule has 0 radical (unpaired) electrons. The third kappa shape index (κ3) is 9.27. The fourth-order valence-electron chi connectivity index (χ4n) is 13.5. The molecule has 0 fully saturated rings. The number of fused-ring (bicyclic) bond motifs is 9. The van der Waals surface area contributed by atoms with Gasteiger partial charge in [0, 0.05) is 142 Å². The Bertz CT molecular complexity index is 5380. The van der Waals surface area contributed by atoms with E-state index in [1.165, 1.54) is 53.4 Å². The van der Waals surface area contributed by atoms with Gasteiger partial charge in [-0.25, -0.2) is 0 Å². The molecule has 2 aliphatic carbocycles. The molecule has 0 bridgehead atoms. The minimum absolute atomic E-state index is 0.284. The maximum atomic E-state index is 4.77. The van der Waals surface area contributed by atoms with E-state index in [1.807, 2.05) is 79.1 Å². The van der Waals surface area contributed by atoms with Crippen LogP contribution in [-0.2, 0) is 0 Å². The number of nitrogens with zero attached hydrogens (tertiary/aromatic N) is 6. The zero-order valence-corrected chi connectivity index (χ0v) is 49.4. The van der Waals surface area contributed by atoms with E-state index >= 15 is 0 Å². The maximum Gasteiger partial charge on any atom is 0.0541 e. The number of hydrogen-bond acceptors (Lipinski definition) is 5. The van der Waals surface area contributed by atoms with Crippen LogP contribution >= 0.6 is 11.3 Å². The van der Waals surface area contributed by atoms with Crippen molar-refractivity contribution >= 4 is 82.4 Å². The van der Waals surface area contributed by atoms with Gasteiger partial charge in [0.2, 0.25) is 0 Å². The van der Waals surface area contributed by atoms with Crippen molar-refractivity contribution in [2.24, 2.45) is 0 Å². The van der Waals surface area contributed by atoms with Gasteiger partial charge in [-0.2, -0.15) is 0 Å². The molecule has 6 nitrogen and oxygen atoms in total. The number of allylic oxidation sites excluding steroid dienone is 6. The third-order valence-corrected chi connectivity index (χ3v) is 19.3. The van der Waals surface area contributed by atoms with Crippen molar-refractivity contribution in [1.29, 1.82) is 0 Å². The van der Waals surface area contributed by atoms with Crippen molar-refractivity contribution in [3.8, 4) is 83.6 Å². The van der Waals surface area contributed by atoms with E-state index in [2.05, 4.69) is 246 Å². The van der Waals surface area contributed by atoms with Crippen LogP contribution in [0.1, 0.15) is 35.3 Å². The summed E-state index contributed by atoms with van der Waals surface area (Å²) in [6, 6.07) is 75.4. The predicted octanol–water partition coefficient (Wildman–Crippen LogP) is 21.5. The molecule has 89 heavy (non-hydrogen) atoms. The quantitative estimate of drug-likeness (QED) is 0.128. The second-order valence-electron chi connectivity index (χ2n) is 23.3. The van der Waals surface area contributed by atoms with Gasteiger partial charge < -0.3 is 9.13 Å².